The molecule has 6 nitrogen and oxygen atoms in total. The smallest absolute Gasteiger partial charge is 0.203 e. The summed E-state index contributed by atoms with van der Waals surface area (Å²) in [6.45, 7) is 6.94. The van der Waals surface area contributed by atoms with Crippen LogP contribution < -0.4 is 19.5 Å². The third-order valence-corrected chi connectivity index (χ3v) is 4.35. The lowest BCUT2D eigenvalue weighted by molar-refractivity contribution is 0.0817. The van der Waals surface area contributed by atoms with E-state index in [1.54, 1.807) is 27.4 Å². The van der Waals surface area contributed by atoms with Crippen LogP contribution in [0, 0.1) is 5.92 Å². The van der Waals surface area contributed by atoms with Crippen LogP contribution in [0.25, 0.3) is 0 Å². The molecule has 23 heavy (non-hydrogen) atoms. The second-order valence-corrected chi connectivity index (χ2v) is 5.90. The van der Waals surface area contributed by atoms with Crippen LogP contribution in [-0.2, 0) is 0 Å². The number of hydrogen-bond acceptors (Lipinski definition) is 6. The fourth-order valence-corrected chi connectivity index (χ4v) is 3.06. The maximum Gasteiger partial charge on any atom is 0.203 e. The molecule has 1 fully saturated rings. The van der Waals surface area contributed by atoms with E-state index in [2.05, 4.69) is 17.1 Å². The Morgan fingerprint density at radius 1 is 1.09 bits per heavy atom. The molecule has 2 unspecified atom stereocenters. The Labute approximate surface area is 138 Å². The van der Waals surface area contributed by atoms with Crippen LogP contribution in [0.4, 0.5) is 0 Å². The summed E-state index contributed by atoms with van der Waals surface area (Å²) >= 11 is 0. The highest BCUT2D eigenvalue weighted by molar-refractivity contribution is 5.56. The number of hydrogen-bond donors (Lipinski definition) is 2. The summed E-state index contributed by atoms with van der Waals surface area (Å²) in [5, 5.41) is 14.1. The molecule has 0 aliphatic carbocycles. The fourth-order valence-electron chi connectivity index (χ4n) is 3.06. The second-order valence-electron chi connectivity index (χ2n) is 5.90. The van der Waals surface area contributed by atoms with Gasteiger partial charge in [0.15, 0.2) is 11.5 Å². The van der Waals surface area contributed by atoms with Crippen molar-refractivity contribution in [2.75, 3.05) is 54.1 Å². The Kier molecular flexibility index (Phi) is 6.50. The number of rotatable bonds is 7. The number of nitrogens with zero attached hydrogens (tertiary/aromatic N) is 1. The van der Waals surface area contributed by atoms with Gasteiger partial charge in [0, 0.05) is 38.3 Å². The largest absolute Gasteiger partial charge is 0.493 e. The van der Waals surface area contributed by atoms with Gasteiger partial charge in [0.25, 0.3) is 0 Å². The summed E-state index contributed by atoms with van der Waals surface area (Å²) < 4.78 is 16.2. The molecular formula is C17H28N2O4. The summed E-state index contributed by atoms with van der Waals surface area (Å²) in [6.07, 6.45) is -0.625. The average Bonchev–Trinajstić information content (AvgIpc) is 2.60. The minimum absolute atomic E-state index is 0.0834. The Balaban J connectivity index is 2.18. The lowest BCUT2D eigenvalue weighted by Crippen LogP contribution is -2.45. The number of aliphatic hydroxyl groups excluding tert-OH is 1. The van der Waals surface area contributed by atoms with Crippen molar-refractivity contribution in [1.82, 2.24) is 10.2 Å². The molecule has 1 aliphatic rings. The molecule has 6 heteroatoms. The fraction of sp³-hybridized carbons (Fsp3) is 0.647. The first-order chi connectivity index (χ1) is 11.1. The first-order valence-corrected chi connectivity index (χ1v) is 8.02. The number of methoxy groups -OCH3 is 3. The maximum atomic E-state index is 10.8. The van der Waals surface area contributed by atoms with Crippen LogP contribution in [0.2, 0.25) is 0 Å². The Hall–Kier alpha value is -1.50. The molecule has 1 aromatic carbocycles. The molecule has 0 spiro atoms. The van der Waals surface area contributed by atoms with Crippen molar-refractivity contribution in [3.63, 3.8) is 0 Å². The van der Waals surface area contributed by atoms with Crippen molar-refractivity contribution in [1.29, 1.82) is 0 Å². The first-order valence-electron chi connectivity index (χ1n) is 8.02. The Morgan fingerprint density at radius 2 is 1.74 bits per heavy atom. The molecule has 0 bridgehead atoms. The molecule has 0 aromatic heterocycles. The van der Waals surface area contributed by atoms with Crippen LogP contribution in [-0.4, -0.2) is 64.1 Å². The topological polar surface area (TPSA) is 63.2 Å². The van der Waals surface area contributed by atoms with Gasteiger partial charge < -0.3 is 29.5 Å². The van der Waals surface area contributed by atoms with E-state index in [-0.39, 0.29) is 5.92 Å². The van der Waals surface area contributed by atoms with E-state index in [0.29, 0.717) is 17.2 Å². The van der Waals surface area contributed by atoms with Crippen LogP contribution in [0.15, 0.2) is 12.1 Å². The summed E-state index contributed by atoms with van der Waals surface area (Å²) in [4.78, 5) is 2.37. The zero-order chi connectivity index (χ0) is 16.8. The number of benzene rings is 1. The van der Waals surface area contributed by atoms with Gasteiger partial charge in [-0.3, -0.25) is 0 Å². The van der Waals surface area contributed by atoms with Gasteiger partial charge in [0.2, 0.25) is 5.75 Å². The predicted molar refractivity (Wildman–Crippen MR) is 89.5 cm³/mol. The van der Waals surface area contributed by atoms with Gasteiger partial charge in [-0.05, 0) is 18.1 Å². The molecule has 0 amide bonds. The third kappa shape index (κ3) is 4.07. The molecular weight excluding hydrogens is 296 g/mol. The van der Waals surface area contributed by atoms with Gasteiger partial charge in [-0.15, -0.1) is 0 Å². The lowest BCUT2D eigenvalue weighted by Gasteiger charge is -2.32. The Morgan fingerprint density at radius 3 is 2.30 bits per heavy atom. The van der Waals surface area contributed by atoms with Crippen LogP contribution in [0.1, 0.15) is 18.6 Å². The highest BCUT2D eigenvalue weighted by Gasteiger charge is 2.26. The van der Waals surface area contributed by atoms with Gasteiger partial charge in [-0.25, -0.2) is 0 Å². The van der Waals surface area contributed by atoms with Gasteiger partial charge in [-0.2, -0.15) is 0 Å². The summed E-state index contributed by atoms with van der Waals surface area (Å²) in [5.41, 5.74) is 0.729. The minimum atomic E-state index is -0.625. The van der Waals surface area contributed by atoms with Gasteiger partial charge in [0.05, 0.1) is 27.4 Å². The zero-order valence-electron chi connectivity index (χ0n) is 14.5. The molecule has 2 rings (SSSR count). The van der Waals surface area contributed by atoms with Crippen molar-refractivity contribution in [3.05, 3.63) is 17.7 Å². The summed E-state index contributed by atoms with van der Waals surface area (Å²) in [6, 6.07) is 3.65. The van der Waals surface area contributed by atoms with E-state index in [4.69, 9.17) is 14.2 Å². The van der Waals surface area contributed by atoms with E-state index >= 15 is 0 Å². The van der Waals surface area contributed by atoms with Gasteiger partial charge in [0.1, 0.15) is 0 Å². The molecule has 1 aliphatic heterocycles. The standard InChI is InChI=1S/C17H28N2O4/c1-12(11-19-9-7-18-8-10-19)15(20)13-5-6-14(21-2)17(23-4)16(13)22-3/h5-6,12,15,18,20H,7-11H2,1-4H3. The second kappa shape index (κ2) is 8.38. The van der Waals surface area contributed by atoms with E-state index in [1.807, 2.05) is 6.07 Å². The van der Waals surface area contributed by atoms with E-state index < -0.39 is 6.10 Å². The molecule has 0 saturated carbocycles. The van der Waals surface area contributed by atoms with E-state index in [1.165, 1.54) is 0 Å². The third-order valence-electron chi connectivity index (χ3n) is 4.35. The normalized spacial score (nSPS) is 18.3. The molecule has 1 aromatic rings. The number of ether oxygens (including phenoxy) is 3. The lowest BCUT2D eigenvalue weighted by atomic mass is 9.95. The van der Waals surface area contributed by atoms with Gasteiger partial charge in [-0.1, -0.05) is 6.92 Å². The quantitative estimate of drug-likeness (QED) is 0.788. The molecule has 0 radical (unpaired) electrons. The molecule has 1 saturated heterocycles. The van der Waals surface area contributed by atoms with Crippen molar-refractivity contribution >= 4 is 0 Å². The SMILES string of the molecule is COc1ccc(C(O)C(C)CN2CCNCC2)c(OC)c1OC. The Bertz CT molecular complexity index is 504. The van der Waals surface area contributed by atoms with E-state index in [0.717, 1.165) is 38.3 Å². The molecule has 130 valence electrons. The predicted octanol–water partition coefficient (Wildman–Crippen LogP) is 1.29. The zero-order valence-corrected chi connectivity index (χ0v) is 14.5. The minimum Gasteiger partial charge on any atom is -0.493 e. The van der Waals surface area contributed by atoms with Crippen LogP contribution in [0.3, 0.4) is 0 Å². The van der Waals surface area contributed by atoms with Crippen molar-refractivity contribution < 1.29 is 19.3 Å². The first kappa shape index (κ1) is 17.8. The molecule has 2 atom stereocenters. The van der Waals surface area contributed by atoms with Crippen LogP contribution >= 0.6 is 0 Å². The van der Waals surface area contributed by atoms with Crippen molar-refractivity contribution in [2.24, 2.45) is 5.92 Å². The molecule has 1 heterocycles. The highest BCUT2D eigenvalue weighted by Crippen LogP contribution is 2.43. The maximum absolute atomic E-state index is 10.8. The van der Waals surface area contributed by atoms with Crippen molar-refractivity contribution in [3.8, 4) is 17.2 Å². The van der Waals surface area contributed by atoms with Gasteiger partial charge >= 0.3 is 0 Å². The molecule has 2 N–H and O–H groups in total. The van der Waals surface area contributed by atoms with Crippen LogP contribution in [0.5, 0.6) is 17.2 Å². The summed E-state index contributed by atoms with van der Waals surface area (Å²) in [7, 11) is 4.73. The monoisotopic (exact) mass is 324 g/mol. The van der Waals surface area contributed by atoms with E-state index in [9.17, 15) is 5.11 Å². The number of nitrogens with one attached hydrogen (secondary N) is 1. The number of piperazine rings is 1. The van der Waals surface area contributed by atoms with Crippen molar-refractivity contribution in [2.45, 2.75) is 13.0 Å². The average molecular weight is 324 g/mol. The highest BCUT2D eigenvalue weighted by atomic mass is 16.5. The number of aliphatic hydroxyl groups is 1. The summed E-state index contributed by atoms with van der Waals surface area (Å²) in [5.74, 6) is 1.72.